The molecule has 1 heteroatoms. The lowest BCUT2D eigenvalue weighted by molar-refractivity contribution is 0.588. The van der Waals surface area contributed by atoms with Crippen molar-refractivity contribution >= 4 is 11.6 Å². The van der Waals surface area contributed by atoms with Gasteiger partial charge in [0.25, 0.3) is 0 Å². The van der Waals surface area contributed by atoms with Gasteiger partial charge in [-0.2, -0.15) is 0 Å². The van der Waals surface area contributed by atoms with Crippen LogP contribution in [0.4, 0.5) is 0 Å². The molecule has 0 aliphatic heterocycles. The van der Waals surface area contributed by atoms with E-state index in [9.17, 15) is 0 Å². The summed E-state index contributed by atoms with van der Waals surface area (Å²) in [6.45, 7) is 13.9. The summed E-state index contributed by atoms with van der Waals surface area (Å²) in [4.78, 5) is 0. The molecule has 0 N–H and O–H groups in total. The molecule has 0 amide bonds. The highest BCUT2D eigenvalue weighted by Gasteiger charge is 2.49. The number of hydrogen-bond acceptors (Lipinski definition) is 0. The van der Waals surface area contributed by atoms with E-state index in [2.05, 4.69) is 114 Å². The molecule has 1 spiro atoms. The van der Waals surface area contributed by atoms with E-state index in [1.165, 1.54) is 55.6 Å². The summed E-state index contributed by atoms with van der Waals surface area (Å²) in [5, 5.41) is 0.797. The van der Waals surface area contributed by atoms with Crippen LogP contribution >= 0.6 is 11.6 Å². The average molecular weight is 491 g/mol. The van der Waals surface area contributed by atoms with E-state index in [1.807, 2.05) is 6.07 Å². The van der Waals surface area contributed by atoms with Gasteiger partial charge in [-0.25, -0.2) is 0 Å². The van der Waals surface area contributed by atoms with Crippen LogP contribution in [0.3, 0.4) is 0 Å². The van der Waals surface area contributed by atoms with Gasteiger partial charge in [-0.15, -0.1) is 0 Å². The molecule has 2 aliphatic carbocycles. The molecule has 4 aromatic carbocycles. The topological polar surface area (TPSA) is 0 Å². The van der Waals surface area contributed by atoms with Gasteiger partial charge in [0, 0.05) is 5.02 Å². The van der Waals surface area contributed by atoms with Crippen LogP contribution in [0.5, 0.6) is 0 Å². The Balaban J connectivity index is 1.77. The molecule has 0 saturated heterocycles. The first-order chi connectivity index (χ1) is 17.0. The Hall–Kier alpha value is -2.83. The highest BCUT2D eigenvalue weighted by molar-refractivity contribution is 6.30. The van der Waals surface area contributed by atoms with Crippen LogP contribution in [-0.2, 0) is 29.1 Å². The van der Waals surface area contributed by atoms with Crippen molar-refractivity contribution in [1.29, 1.82) is 0 Å². The minimum Gasteiger partial charge on any atom is -0.0843 e. The lowest BCUT2D eigenvalue weighted by Crippen LogP contribution is -2.30. The number of rotatable bonds is 0. The monoisotopic (exact) mass is 490 g/mol. The van der Waals surface area contributed by atoms with Crippen LogP contribution in [0.15, 0.2) is 78.9 Å². The maximum absolute atomic E-state index is 6.73. The summed E-state index contributed by atoms with van der Waals surface area (Å²) >= 11 is 6.73. The van der Waals surface area contributed by atoms with E-state index in [0.717, 1.165) is 17.9 Å². The Morgan fingerprint density at radius 2 is 1.08 bits per heavy atom. The molecular formula is C35H35Cl. The molecule has 0 nitrogen and oxygen atoms in total. The van der Waals surface area contributed by atoms with Crippen molar-refractivity contribution in [2.75, 3.05) is 0 Å². The van der Waals surface area contributed by atoms with Gasteiger partial charge in [-0.3, -0.25) is 0 Å². The zero-order valence-corrected chi connectivity index (χ0v) is 23.1. The summed E-state index contributed by atoms with van der Waals surface area (Å²) in [7, 11) is 0. The van der Waals surface area contributed by atoms with Gasteiger partial charge in [0.2, 0.25) is 0 Å². The third-order valence-electron chi connectivity index (χ3n) is 8.42. The predicted octanol–water partition coefficient (Wildman–Crippen LogP) is 9.40. The summed E-state index contributed by atoms with van der Waals surface area (Å²) < 4.78 is 0. The Bertz CT molecular complexity index is 1440. The normalized spacial score (nSPS) is 15.6. The lowest BCUT2D eigenvalue weighted by atomic mass is 9.65. The van der Waals surface area contributed by atoms with E-state index in [4.69, 9.17) is 11.6 Å². The fraction of sp³-hybridized carbons (Fsp3) is 0.314. The minimum absolute atomic E-state index is 0.107. The lowest BCUT2D eigenvalue weighted by Gasteiger charge is -2.36. The van der Waals surface area contributed by atoms with Gasteiger partial charge in [0.1, 0.15) is 0 Å². The standard InChI is InChI=1S/C35H35Cl/c1-33(2,3)24-13-17-29-22(19-24)11-12-23-20-25(34(4,5)6)14-18-30(23)35(29)31-10-8-7-9-27(31)28-16-15-26(36)21-32(28)35/h7-10,13-21H,11-12H2,1-6H3. The number of hydrogen-bond donors (Lipinski definition) is 0. The Morgan fingerprint density at radius 3 is 1.64 bits per heavy atom. The Labute approximate surface area is 221 Å². The fourth-order valence-electron chi connectivity index (χ4n) is 6.51. The molecule has 182 valence electrons. The molecule has 0 unspecified atom stereocenters. The molecule has 4 aromatic rings. The number of fused-ring (bicyclic) bond motifs is 9. The summed E-state index contributed by atoms with van der Waals surface area (Å²) in [5.74, 6) is 0. The quantitative estimate of drug-likeness (QED) is 0.203. The van der Waals surface area contributed by atoms with Crippen LogP contribution in [0.2, 0.25) is 5.02 Å². The Kier molecular flexibility index (Phi) is 5.13. The largest absolute Gasteiger partial charge is 0.0843 e. The smallest absolute Gasteiger partial charge is 0.0719 e. The zero-order chi connectivity index (χ0) is 25.5. The Morgan fingerprint density at radius 1 is 0.556 bits per heavy atom. The molecule has 0 atom stereocenters. The van der Waals surface area contributed by atoms with Gasteiger partial charge in [0.15, 0.2) is 0 Å². The minimum atomic E-state index is -0.370. The maximum atomic E-state index is 6.73. The molecule has 2 aliphatic rings. The highest BCUT2D eigenvalue weighted by Crippen LogP contribution is 2.59. The third-order valence-corrected chi connectivity index (χ3v) is 8.66. The van der Waals surface area contributed by atoms with Gasteiger partial charge in [0.05, 0.1) is 5.41 Å². The first-order valence-corrected chi connectivity index (χ1v) is 13.6. The van der Waals surface area contributed by atoms with Crippen LogP contribution in [0.25, 0.3) is 11.1 Å². The van der Waals surface area contributed by atoms with Crippen LogP contribution in [0.1, 0.15) is 86.1 Å². The molecule has 0 heterocycles. The van der Waals surface area contributed by atoms with E-state index in [0.29, 0.717) is 0 Å². The number of halogens is 1. The van der Waals surface area contributed by atoms with E-state index in [1.54, 1.807) is 0 Å². The molecular weight excluding hydrogens is 456 g/mol. The van der Waals surface area contributed by atoms with Gasteiger partial charge in [-0.1, -0.05) is 120 Å². The second kappa shape index (κ2) is 7.83. The molecule has 36 heavy (non-hydrogen) atoms. The molecule has 0 radical (unpaired) electrons. The fourth-order valence-corrected chi connectivity index (χ4v) is 6.68. The van der Waals surface area contributed by atoms with Crippen molar-refractivity contribution in [1.82, 2.24) is 0 Å². The molecule has 0 bridgehead atoms. The van der Waals surface area contributed by atoms with E-state index in [-0.39, 0.29) is 16.2 Å². The van der Waals surface area contributed by atoms with E-state index >= 15 is 0 Å². The maximum Gasteiger partial charge on any atom is 0.0719 e. The van der Waals surface area contributed by atoms with Crippen molar-refractivity contribution in [3.05, 3.63) is 128 Å². The second-order valence-corrected chi connectivity index (χ2v) is 13.2. The highest BCUT2D eigenvalue weighted by atomic mass is 35.5. The number of benzene rings is 4. The van der Waals surface area contributed by atoms with Gasteiger partial charge < -0.3 is 0 Å². The first kappa shape index (κ1) is 23.6. The van der Waals surface area contributed by atoms with Crippen LogP contribution in [-0.4, -0.2) is 0 Å². The first-order valence-electron chi connectivity index (χ1n) is 13.2. The third kappa shape index (κ3) is 3.34. The zero-order valence-electron chi connectivity index (χ0n) is 22.3. The van der Waals surface area contributed by atoms with Crippen molar-refractivity contribution in [3.8, 4) is 11.1 Å². The van der Waals surface area contributed by atoms with E-state index < -0.39 is 0 Å². The SMILES string of the molecule is CC(C)(C)c1ccc2c(c1)CCc1cc(C(C)(C)C)ccc1C21c2ccccc2-c2ccc(Cl)cc21. The molecule has 0 aromatic heterocycles. The van der Waals surface area contributed by atoms with Gasteiger partial charge >= 0.3 is 0 Å². The van der Waals surface area contributed by atoms with Crippen molar-refractivity contribution in [2.24, 2.45) is 0 Å². The summed E-state index contributed by atoms with van der Waals surface area (Å²) in [6.07, 6.45) is 2.08. The van der Waals surface area contributed by atoms with Crippen LogP contribution < -0.4 is 0 Å². The molecule has 0 fully saturated rings. The average Bonchev–Trinajstić information content (AvgIpc) is 3.02. The summed E-state index contributed by atoms with van der Waals surface area (Å²) in [5.41, 5.74) is 13.7. The second-order valence-electron chi connectivity index (χ2n) is 12.7. The summed E-state index contributed by atoms with van der Waals surface area (Å²) in [6, 6.07) is 30.0. The predicted molar refractivity (Wildman–Crippen MR) is 154 cm³/mol. The van der Waals surface area contributed by atoms with Crippen molar-refractivity contribution in [2.45, 2.75) is 70.6 Å². The number of aryl methyl sites for hydroxylation is 2. The van der Waals surface area contributed by atoms with Crippen LogP contribution in [0, 0.1) is 0 Å². The molecule has 6 rings (SSSR count). The van der Waals surface area contributed by atoms with Crippen molar-refractivity contribution in [3.63, 3.8) is 0 Å². The molecule has 0 saturated carbocycles. The van der Waals surface area contributed by atoms with Crippen molar-refractivity contribution < 1.29 is 0 Å². The van der Waals surface area contributed by atoms with Gasteiger partial charge in [-0.05, 0) is 91.4 Å².